The third-order valence-corrected chi connectivity index (χ3v) is 1.73. The van der Waals surface area contributed by atoms with E-state index in [0.717, 1.165) is 31.5 Å². The van der Waals surface area contributed by atoms with Crippen LogP contribution in [0.1, 0.15) is 40.0 Å². The van der Waals surface area contributed by atoms with Gasteiger partial charge in [-0.2, -0.15) is 0 Å². The fourth-order valence-corrected chi connectivity index (χ4v) is 0.909. The number of carbonyl (C=O) groups is 1. The van der Waals surface area contributed by atoms with Gasteiger partial charge in [-0.1, -0.05) is 20.3 Å². The standard InChI is InChI=1S/C11H21NO2/c1-4-6-8-14-11(13)9-10(3)12-7-5-2/h9,12H,4-8H2,1-3H3/b10-9+. The molecule has 0 rings (SSSR count). The minimum atomic E-state index is -0.250. The monoisotopic (exact) mass is 199 g/mol. The zero-order valence-corrected chi connectivity index (χ0v) is 9.43. The van der Waals surface area contributed by atoms with Gasteiger partial charge in [0.25, 0.3) is 0 Å². The molecule has 0 aliphatic heterocycles. The van der Waals surface area contributed by atoms with E-state index in [2.05, 4.69) is 19.2 Å². The van der Waals surface area contributed by atoms with Crippen molar-refractivity contribution in [3.05, 3.63) is 11.8 Å². The lowest BCUT2D eigenvalue weighted by atomic mass is 10.3. The number of hydrogen-bond acceptors (Lipinski definition) is 3. The smallest absolute Gasteiger partial charge is 0.332 e. The Morgan fingerprint density at radius 1 is 1.36 bits per heavy atom. The van der Waals surface area contributed by atoms with Crippen LogP contribution in [0, 0.1) is 0 Å². The van der Waals surface area contributed by atoms with E-state index in [-0.39, 0.29) is 5.97 Å². The molecule has 14 heavy (non-hydrogen) atoms. The van der Waals surface area contributed by atoms with Gasteiger partial charge in [0.1, 0.15) is 0 Å². The molecule has 0 saturated heterocycles. The van der Waals surface area contributed by atoms with Crippen molar-refractivity contribution in [1.29, 1.82) is 0 Å². The summed E-state index contributed by atoms with van der Waals surface area (Å²) in [7, 11) is 0. The van der Waals surface area contributed by atoms with Gasteiger partial charge in [0.15, 0.2) is 0 Å². The molecule has 0 bridgehead atoms. The number of hydrogen-bond donors (Lipinski definition) is 1. The van der Waals surface area contributed by atoms with Gasteiger partial charge in [-0.3, -0.25) is 0 Å². The molecule has 3 heteroatoms. The second-order valence-corrected chi connectivity index (χ2v) is 3.28. The zero-order valence-electron chi connectivity index (χ0n) is 9.43. The fourth-order valence-electron chi connectivity index (χ4n) is 0.909. The molecule has 0 aromatic rings. The number of rotatable bonds is 7. The van der Waals surface area contributed by atoms with E-state index < -0.39 is 0 Å². The normalized spacial score (nSPS) is 11.2. The summed E-state index contributed by atoms with van der Waals surface area (Å²) in [5.74, 6) is -0.250. The Morgan fingerprint density at radius 2 is 2.07 bits per heavy atom. The number of carbonyl (C=O) groups excluding carboxylic acids is 1. The van der Waals surface area contributed by atoms with Crippen LogP contribution in [0.4, 0.5) is 0 Å². The molecule has 0 amide bonds. The van der Waals surface area contributed by atoms with Crippen molar-refractivity contribution >= 4 is 5.97 Å². The third-order valence-electron chi connectivity index (χ3n) is 1.73. The number of nitrogens with one attached hydrogen (secondary N) is 1. The van der Waals surface area contributed by atoms with Crippen LogP contribution in [-0.4, -0.2) is 19.1 Å². The molecular formula is C11H21NO2. The number of unbranched alkanes of at least 4 members (excludes halogenated alkanes) is 1. The Balaban J connectivity index is 3.66. The lowest BCUT2D eigenvalue weighted by molar-refractivity contribution is -0.137. The van der Waals surface area contributed by atoms with E-state index in [1.165, 1.54) is 6.08 Å². The van der Waals surface area contributed by atoms with E-state index in [0.29, 0.717) is 6.61 Å². The van der Waals surface area contributed by atoms with Crippen molar-refractivity contribution < 1.29 is 9.53 Å². The summed E-state index contributed by atoms with van der Waals surface area (Å²) in [6, 6.07) is 0. The Morgan fingerprint density at radius 3 is 2.64 bits per heavy atom. The molecule has 0 aliphatic rings. The summed E-state index contributed by atoms with van der Waals surface area (Å²) in [5.41, 5.74) is 0.869. The van der Waals surface area contributed by atoms with Crippen molar-refractivity contribution in [1.82, 2.24) is 5.32 Å². The topological polar surface area (TPSA) is 38.3 Å². The summed E-state index contributed by atoms with van der Waals surface area (Å²) in [4.78, 5) is 11.2. The fraction of sp³-hybridized carbons (Fsp3) is 0.727. The maximum absolute atomic E-state index is 11.2. The van der Waals surface area contributed by atoms with Crippen LogP contribution in [-0.2, 0) is 9.53 Å². The van der Waals surface area contributed by atoms with Crippen LogP contribution in [0.15, 0.2) is 11.8 Å². The SMILES string of the molecule is CCCCOC(=O)/C=C(\C)NCCC. The highest BCUT2D eigenvalue weighted by atomic mass is 16.5. The molecule has 1 N–H and O–H groups in total. The van der Waals surface area contributed by atoms with Crippen LogP contribution in [0.5, 0.6) is 0 Å². The van der Waals surface area contributed by atoms with Crippen LogP contribution in [0.3, 0.4) is 0 Å². The van der Waals surface area contributed by atoms with Crippen LogP contribution in [0.2, 0.25) is 0 Å². The molecule has 0 heterocycles. The Kier molecular flexibility index (Phi) is 7.99. The molecule has 0 spiro atoms. The summed E-state index contributed by atoms with van der Waals surface area (Å²) < 4.78 is 4.98. The van der Waals surface area contributed by atoms with E-state index >= 15 is 0 Å². The highest BCUT2D eigenvalue weighted by Crippen LogP contribution is 1.93. The summed E-state index contributed by atoms with van der Waals surface area (Å²) in [5, 5.41) is 3.11. The third kappa shape index (κ3) is 7.65. The van der Waals surface area contributed by atoms with Gasteiger partial charge in [0.05, 0.1) is 6.61 Å². The second-order valence-electron chi connectivity index (χ2n) is 3.28. The summed E-state index contributed by atoms with van der Waals surface area (Å²) in [6.07, 6.45) is 4.53. The molecule has 0 aromatic heterocycles. The van der Waals surface area contributed by atoms with Crippen LogP contribution < -0.4 is 5.32 Å². The first-order valence-electron chi connectivity index (χ1n) is 5.29. The van der Waals surface area contributed by atoms with E-state index in [1.807, 2.05) is 6.92 Å². The predicted octanol–water partition coefficient (Wildman–Crippen LogP) is 2.23. The minimum Gasteiger partial charge on any atom is -0.462 e. The summed E-state index contributed by atoms with van der Waals surface area (Å²) in [6.45, 7) is 7.44. The number of allylic oxidation sites excluding steroid dienone is 1. The minimum absolute atomic E-state index is 0.250. The maximum Gasteiger partial charge on any atom is 0.332 e. The molecule has 0 radical (unpaired) electrons. The quantitative estimate of drug-likeness (QED) is 0.388. The van der Waals surface area contributed by atoms with Crippen LogP contribution >= 0.6 is 0 Å². The molecule has 0 fully saturated rings. The molecule has 82 valence electrons. The van der Waals surface area contributed by atoms with Crippen molar-refractivity contribution in [2.75, 3.05) is 13.2 Å². The van der Waals surface area contributed by atoms with Gasteiger partial charge in [-0.05, 0) is 19.8 Å². The average molecular weight is 199 g/mol. The van der Waals surface area contributed by atoms with Gasteiger partial charge in [0.2, 0.25) is 0 Å². The lowest BCUT2D eigenvalue weighted by Crippen LogP contribution is -2.14. The molecular weight excluding hydrogens is 178 g/mol. The predicted molar refractivity (Wildman–Crippen MR) is 57.9 cm³/mol. The molecule has 0 aromatic carbocycles. The Labute approximate surface area is 86.5 Å². The van der Waals surface area contributed by atoms with Crippen molar-refractivity contribution in [3.63, 3.8) is 0 Å². The molecule has 0 atom stereocenters. The second kappa shape index (κ2) is 8.60. The molecule has 0 saturated carbocycles. The van der Waals surface area contributed by atoms with Crippen molar-refractivity contribution in [2.24, 2.45) is 0 Å². The van der Waals surface area contributed by atoms with E-state index in [9.17, 15) is 4.79 Å². The van der Waals surface area contributed by atoms with Gasteiger partial charge in [-0.15, -0.1) is 0 Å². The Bertz CT molecular complexity index is 188. The molecule has 3 nitrogen and oxygen atoms in total. The molecule has 0 aliphatic carbocycles. The van der Waals surface area contributed by atoms with Gasteiger partial charge >= 0.3 is 5.97 Å². The first-order chi connectivity index (χ1) is 6.70. The molecule has 0 unspecified atom stereocenters. The lowest BCUT2D eigenvalue weighted by Gasteiger charge is -2.04. The first kappa shape index (κ1) is 13.0. The average Bonchev–Trinajstić information content (AvgIpc) is 2.15. The van der Waals surface area contributed by atoms with Crippen molar-refractivity contribution in [3.8, 4) is 0 Å². The van der Waals surface area contributed by atoms with Crippen molar-refractivity contribution in [2.45, 2.75) is 40.0 Å². The van der Waals surface area contributed by atoms with Crippen LogP contribution in [0.25, 0.3) is 0 Å². The summed E-state index contributed by atoms with van der Waals surface area (Å²) >= 11 is 0. The largest absolute Gasteiger partial charge is 0.462 e. The Hall–Kier alpha value is -0.990. The van der Waals surface area contributed by atoms with Gasteiger partial charge in [0, 0.05) is 18.3 Å². The zero-order chi connectivity index (χ0) is 10.8. The highest BCUT2D eigenvalue weighted by Gasteiger charge is 1.98. The maximum atomic E-state index is 11.2. The van der Waals surface area contributed by atoms with Gasteiger partial charge < -0.3 is 10.1 Å². The number of ether oxygens (including phenoxy) is 1. The van der Waals surface area contributed by atoms with E-state index in [1.54, 1.807) is 0 Å². The highest BCUT2D eigenvalue weighted by molar-refractivity contribution is 5.82. The number of esters is 1. The first-order valence-corrected chi connectivity index (χ1v) is 5.29. The van der Waals surface area contributed by atoms with E-state index in [4.69, 9.17) is 4.74 Å². The van der Waals surface area contributed by atoms with Gasteiger partial charge in [-0.25, -0.2) is 4.79 Å².